The molecule has 8 nitrogen and oxygen atoms in total. The molecule has 2 aliphatic heterocycles. The van der Waals surface area contributed by atoms with Crippen molar-refractivity contribution < 1.29 is 13.9 Å². The van der Waals surface area contributed by atoms with E-state index in [2.05, 4.69) is 26.9 Å². The first-order valence-corrected chi connectivity index (χ1v) is 13.3. The molecule has 4 heterocycles. The second kappa shape index (κ2) is 9.51. The van der Waals surface area contributed by atoms with Crippen LogP contribution in [-0.4, -0.2) is 42.0 Å². The van der Waals surface area contributed by atoms with E-state index in [0.29, 0.717) is 37.7 Å². The molecular weight excluding hydrogens is 536 g/mol. The maximum Gasteiger partial charge on any atom is 0.270 e. The zero-order valence-electron chi connectivity index (χ0n) is 20.8. The van der Waals surface area contributed by atoms with Crippen molar-refractivity contribution in [3.8, 4) is 11.8 Å². The summed E-state index contributed by atoms with van der Waals surface area (Å²) in [5.41, 5.74) is 4.11. The molecule has 9 heteroatoms. The number of oxazole rings is 1. The first-order chi connectivity index (χ1) is 17.9. The van der Waals surface area contributed by atoms with Crippen LogP contribution in [0.1, 0.15) is 42.2 Å². The predicted octanol–water partition coefficient (Wildman–Crippen LogP) is 5.17. The molecule has 0 aliphatic carbocycles. The fourth-order valence-corrected chi connectivity index (χ4v) is 5.84. The van der Waals surface area contributed by atoms with E-state index in [9.17, 15) is 10.1 Å². The highest BCUT2D eigenvalue weighted by Gasteiger charge is 2.29. The number of nitrogens with zero attached hydrogens (tertiary/aromatic N) is 4. The smallest absolute Gasteiger partial charge is 0.270 e. The maximum atomic E-state index is 13.2. The highest BCUT2D eigenvalue weighted by atomic mass is 79.9. The standard InChI is InChI=1S/C28H27BrN4O4/c1-16-3-4-24-22(11-16)31-27(37-24)17-5-8-33(9-6-17)26-19-12-21(29)25(36-18-7-10-35-15-18)13-23(19)32(2)28(34)20(26)14-30/h3-4,11-13,17-18H,5-10,15H2,1-2H3. The molecule has 6 rings (SSSR count). The lowest BCUT2D eigenvalue weighted by molar-refractivity contribution is 0.141. The number of halogens is 1. The van der Waals surface area contributed by atoms with Crippen LogP contribution >= 0.6 is 15.9 Å². The summed E-state index contributed by atoms with van der Waals surface area (Å²) in [7, 11) is 1.70. The Bertz CT molecular complexity index is 1610. The molecule has 0 amide bonds. The number of piperidine rings is 1. The number of rotatable bonds is 4. The Morgan fingerprint density at radius 3 is 2.73 bits per heavy atom. The van der Waals surface area contributed by atoms with Crippen molar-refractivity contribution in [3.63, 3.8) is 0 Å². The summed E-state index contributed by atoms with van der Waals surface area (Å²) in [6.07, 6.45) is 2.45. The molecule has 4 aromatic rings. The Balaban J connectivity index is 1.34. The van der Waals surface area contributed by atoms with E-state index in [1.807, 2.05) is 37.3 Å². The third-order valence-corrected chi connectivity index (χ3v) is 8.06. The van der Waals surface area contributed by atoms with Gasteiger partial charge in [-0.15, -0.1) is 0 Å². The number of fused-ring (bicyclic) bond motifs is 2. The van der Waals surface area contributed by atoms with E-state index in [0.717, 1.165) is 57.2 Å². The average Bonchev–Trinajstić information content (AvgIpc) is 3.57. The fraction of sp³-hybridized carbons (Fsp3) is 0.393. The second-order valence-corrected chi connectivity index (χ2v) is 10.7. The van der Waals surface area contributed by atoms with E-state index >= 15 is 0 Å². The van der Waals surface area contributed by atoms with Crippen LogP contribution in [0.2, 0.25) is 0 Å². The predicted molar refractivity (Wildman–Crippen MR) is 144 cm³/mol. The lowest BCUT2D eigenvalue weighted by Crippen LogP contribution is -2.36. The van der Waals surface area contributed by atoms with Gasteiger partial charge in [0, 0.05) is 43.9 Å². The van der Waals surface area contributed by atoms with Crippen molar-refractivity contribution in [2.75, 3.05) is 31.2 Å². The van der Waals surface area contributed by atoms with Gasteiger partial charge in [0.25, 0.3) is 5.56 Å². The Morgan fingerprint density at radius 2 is 2.00 bits per heavy atom. The van der Waals surface area contributed by atoms with Gasteiger partial charge in [0.15, 0.2) is 11.5 Å². The Labute approximate surface area is 222 Å². The molecule has 2 aromatic carbocycles. The van der Waals surface area contributed by atoms with Gasteiger partial charge in [-0.2, -0.15) is 5.26 Å². The first-order valence-electron chi connectivity index (χ1n) is 12.6. The van der Waals surface area contributed by atoms with Crippen molar-refractivity contribution >= 4 is 43.6 Å². The van der Waals surface area contributed by atoms with Crippen LogP contribution in [0.5, 0.6) is 5.75 Å². The van der Waals surface area contributed by atoms with Crippen LogP contribution in [0.4, 0.5) is 5.69 Å². The summed E-state index contributed by atoms with van der Waals surface area (Å²) in [6, 6.07) is 12.1. The molecule has 0 spiro atoms. The topological polar surface area (TPSA) is 93.5 Å². The molecule has 2 fully saturated rings. The number of pyridine rings is 1. The first kappa shape index (κ1) is 24.0. The van der Waals surface area contributed by atoms with E-state index in [-0.39, 0.29) is 23.1 Å². The minimum absolute atomic E-state index is 0.0153. The van der Waals surface area contributed by atoms with Crippen LogP contribution in [-0.2, 0) is 11.8 Å². The van der Waals surface area contributed by atoms with Crippen molar-refractivity contribution in [1.29, 1.82) is 5.26 Å². The number of hydrogen-bond donors (Lipinski definition) is 0. The molecule has 37 heavy (non-hydrogen) atoms. The minimum Gasteiger partial charge on any atom is -0.487 e. The SMILES string of the molecule is Cc1ccc2oc(C3CCN(c4c(C#N)c(=O)n(C)c5cc(OC6CCOC6)c(Br)cc45)CC3)nc2c1. The molecule has 2 aliphatic rings. The molecule has 190 valence electrons. The summed E-state index contributed by atoms with van der Waals surface area (Å²) in [5, 5.41) is 10.8. The van der Waals surface area contributed by atoms with Gasteiger partial charge in [-0.25, -0.2) is 4.98 Å². The number of hydrogen-bond acceptors (Lipinski definition) is 7. The van der Waals surface area contributed by atoms with Gasteiger partial charge >= 0.3 is 0 Å². The van der Waals surface area contributed by atoms with Gasteiger partial charge in [-0.3, -0.25) is 4.79 Å². The number of nitriles is 1. The molecule has 0 saturated carbocycles. The molecule has 0 radical (unpaired) electrons. The van der Waals surface area contributed by atoms with Crippen molar-refractivity contribution in [3.05, 3.63) is 62.2 Å². The second-order valence-electron chi connectivity index (χ2n) is 9.89. The number of benzene rings is 2. The Kier molecular flexibility index (Phi) is 6.17. The van der Waals surface area contributed by atoms with Gasteiger partial charge < -0.3 is 23.4 Å². The third kappa shape index (κ3) is 4.28. The van der Waals surface area contributed by atoms with E-state index in [1.165, 1.54) is 4.57 Å². The van der Waals surface area contributed by atoms with Gasteiger partial charge in [-0.05, 0) is 59.5 Å². The Morgan fingerprint density at radius 1 is 1.19 bits per heavy atom. The van der Waals surface area contributed by atoms with E-state index in [1.54, 1.807) is 7.05 Å². The maximum absolute atomic E-state index is 13.2. The number of aromatic nitrogens is 2. The highest BCUT2D eigenvalue weighted by molar-refractivity contribution is 9.10. The largest absolute Gasteiger partial charge is 0.487 e. The lowest BCUT2D eigenvalue weighted by atomic mass is 9.95. The van der Waals surface area contributed by atoms with Gasteiger partial charge in [0.05, 0.1) is 28.9 Å². The monoisotopic (exact) mass is 562 g/mol. The summed E-state index contributed by atoms with van der Waals surface area (Å²) >= 11 is 3.66. The normalized spacial score (nSPS) is 18.5. The van der Waals surface area contributed by atoms with Crippen LogP contribution in [0, 0.1) is 18.3 Å². The van der Waals surface area contributed by atoms with Crippen LogP contribution in [0.15, 0.2) is 44.0 Å². The van der Waals surface area contributed by atoms with Crippen molar-refractivity contribution in [2.45, 2.75) is 38.2 Å². The van der Waals surface area contributed by atoms with Crippen molar-refractivity contribution in [1.82, 2.24) is 9.55 Å². The quantitative estimate of drug-likeness (QED) is 0.338. The lowest BCUT2D eigenvalue weighted by Gasteiger charge is -2.34. The molecule has 2 saturated heterocycles. The van der Waals surface area contributed by atoms with Crippen LogP contribution < -0.4 is 15.2 Å². The highest BCUT2D eigenvalue weighted by Crippen LogP contribution is 2.39. The molecule has 2 aromatic heterocycles. The number of ether oxygens (including phenoxy) is 2. The van der Waals surface area contributed by atoms with Crippen molar-refractivity contribution in [2.24, 2.45) is 7.05 Å². The zero-order chi connectivity index (χ0) is 25.7. The van der Waals surface area contributed by atoms with E-state index in [4.69, 9.17) is 18.9 Å². The number of aryl methyl sites for hydroxylation is 2. The molecule has 1 unspecified atom stereocenters. The summed E-state index contributed by atoms with van der Waals surface area (Å²) in [4.78, 5) is 20.2. The summed E-state index contributed by atoms with van der Waals surface area (Å²) < 4.78 is 20.0. The zero-order valence-corrected chi connectivity index (χ0v) is 22.4. The third-order valence-electron chi connectivity index (χ3n) is 7.44. The summed E-state index contributed by atoms with van der Waals surface area (Å²) in [5.74, 6) is 1.61. The van der Waals surface area contributed by atoms with Gasteiger partial charge in [-0.1, -0.05) is 6.07 Å². The molecule has 1 atom stereocenters. The molecule has 0 bridgehead atoms. The van der Waals surface area contributed by atoms with Gasteiger partial charge in [0.1, 0.15) is 29.0 Å². The fourth-order valence-electron chi connectivity index (χ4n) is 5.41. The van der Waals surface area contributed by atoms with Gasteiger partial charge in [0.2, 0.25) is 0 Å². The molecule has 0 N–H and O–H groups in total. The molecular formula is C28H27BrN4O4. The number of anilines is 1. The minimum atomic E-state index is -0.307. The summed E-state index contributed by atoms with van der Waals surface area (Å²) in [6.45, 7) is 4.66. The van der Waals surface area contributed by atoms with E-state index < -0.39 is 0 Å². The Hall–Kier alpha value is -3.35. The van der Waals surface area contributed by atoms with Crippen LogP contribution in [0.25, 0.3) is 22.0 Å². The average molecular weight is 563 g/mol. The van der Waals surface area contributed by atoms with Crippen LogP contribution in [0.3, 0.4) is 0 Å².